The first kappa shape index (κ1) is 69.7. The first-order chi connectivity index (χ1) is 43.1. The second kappa shape index (κ2) is 27.1. The Morgan fingerprint density at radius 3 is 1.70 bits per heavy atom. The summed E-state index contributed by atoms with van der Waals surface area (Å²) in [7, 11) is 0. The fourth-order valence-electron chi connectivity index (χ4n) is 18.5. The molecule has 0 bridgehead atoms. The number of aliphatic hydroxyl groups is 16. The molecule has 4 aliphatic carbocycles. The summed E-state index contributed by atoms with van der Waals surface area (Å²) in [4.78, 5) is 0. The van der Waals surface area contributed by atoms with Gasteiger partial charge in [-0.1, -0.05) is 27.7 Å². The molecule has 12 fully saturated rings. The highest BCUT2D eigenvalue weighted by atomic mass is 16.8. The zero-order chi connectivity index (χ0) is 65.2. The predicted octanol–water partition coefficient (Wildman–Crippen LogP) is -4.96. The molecule has 1 spiro atoms. The summed E-state index contributed by atoms with van der Waals surface area (Å²) < 4.78 is 85.1. The van der Waals surface area contributed by atoms with Gasteiger partial charge in [0.2, 0.25) is 0 Å². The largest absolute Gasteiger partial charge is 0.394 e. The zero-order valence-corrected chi connectivity index (χ0v) is 52.2. The summed E-state index contributed by atoms with van der Waals surface area (Å²) >= 11 is 0. The van der Waals surface area contributed by atoms with Crippen LogP contribution in [0.2, 0.25) is 0 Å². The van der Waals surface area contributed by atoms with Crippen molar-refractivity contribution in [3.63, 3.8) is 0 Å². The van der Waals surface area contributed by atoms with Crippen LogP contribution >= 0.6 is 0 Å². The van der Waals surface area contributed by atoms with Crippen LogP contribution in [0.1, 0.15) is 99.3 Å². The minimum atomic E-state index is -2.07. The van der Waals surface area contributed by atoms with E-state index in [-0.39, 0.29) is 28.8 Å². The van der Waals surface area contributed by atoms with Crippen LogP contribution in [0.5, 0.6) is 0 Å². The summed E-state index contributed by atoms with van der Waals surface area (Å²) in [6.45, 7) is 10.0. The Kier molecular flexibility index (Phi) is 20.8. The number of rotatable bonds is 14. The summed E-state index contributed by atoms with van der Waals surface area (Å²) in [5, 5.41) is 178. The molecule has 0 radical (unpaired) electrons. The molecule has 30 heteroatoms. The Balaban J connectivity index is 0.709. The molecule has 30 nitrogen and oxygen atoms in total. The van der Waals surface area contributed by atoms with Crippen molar-refractivity contribution in [3.8, 4) is 0 Å². The van der Waals surface area contributed by atoms with Crippen LogP contribution in [0.25, 0.3) is 0 Å². The lowest BCUT2D eigenvalue weighted by Crippen LogP contribution is -2.68. The molecule has 4 saturated carbocycles. The van der Waals surface area contributed by atoms with Gasteiger partial charge in [0, 0.05) is 12.3 Å². The summed E-state index contributed by atoms with van der Waals surface area (Å²) in [6, 6.07) is 0. The first-order valence-corrected chi connectivity index (χ1v) is 33.0. The van der Waals surface area contributed by atoms with E-state index in [1.54, 1.807) is 0 Å². The van der Waals surface area contributed by atoms with E-state index in [1.165, 1.54) is 13.8 Å². The quantitative estimate of drug-likeness (QED) is 0.0725. The van der Waals surface area contributed by atoms with Crippen molar-refractivity contribution in [2.75, 3.05) is 33.0 Å². The van der Waals surface area contributed by atoms with Crippen molar-refractivity contribution in [2.24, 2.45) is 52.3 Å². The van der Waals surface area contributed by atoms with Gasteiger partial charge in [-0.25, -0.2) is 0 Å². The van der Waals surface area contributed by atoms with Crippen molar-refractivity contribution in [3.05, 3.63) is 0 Å². The Labute approximate surface area is 527 Å². The second-order valence-electron chi connectivity index (χ2n) is 29.2. The first-order valence-electron chi connectivity index (χ1n) is 33.0. The van der Waals surface area contributed by atoms with Crippen LogP contribution in [0, 0.1) is 52.3 Å². The van der Waals surface area contributed by atoms with Gasteiger partial charge in [0.1, 0.15) is 122 Å². The van der Waals surface area contributed by atoms with Gasteiger partial charge in [-0.3, -0.25) is 0 Å². The Bertz CT molecular complexity index is 2410. The van der Waals surface area contributed by atoms with E-state index in [9.17, 15) is 81.7 Å². The van der Waals surface area contributed by atoms with Gasteiger partial charge in [0.15, 0.2) is 43.5 Å². The third-order valence-electron chi connectivity index (χ3n) is 23.8. The Morgan fingerprint density at radius 2 is 1.01 bits per heavy atom. The number of hydrogen-bond acceptors (Lipinski definition) is 30. The SMILES string of the molecule is C[C@@H]1CC[C@@]2(OC1)O[C@H]1C[C@H]3[C@@H]4CC[C@H]5C[C@@H](OC6O[C@H](CO)[C@H](O[C@@H]7O[C@H](C)[C@@H](O)[C@H](O[C@@H]8OC[C@@H](O[C@@H]9O[C@@H](C)[C@H](O)[C@@H](O[C@@H]%10OC[C@@H](O)[C@H](O)[C@H]%10O)[C@H]9O)[C@H](O)[C@H]8O)[C@H]7O[C@@H]7O[C@H](CO)[C@@H](O)[C@H](O)[C@H]7O)[C@H](O)[C@H]6O)[C@H](O)C[C@]5(C)[C@H]4CC[C@]3(C)[C@H]1[C@@H]2C. The lowest BCUT2D eigenvalue weighted by Gasteiger charge is -2.62. The van der Waals surface area contributed by atoms with Gasteiger partial charge in [-0.15, -0.1) is 0 Å². The molecule has 0 amide bonds. The predicted molar refractivity (Wildman–Crippen MR) is 300 cm³/mol. The van der Waals surface area contributed by atoms with E-state index in [0.717, 1.165) is 51.6 Å². The second-order valence-corrected chi connectivity index (χ2v) is 29.2. The van der Waals surface area contributed by atoms with Crippen LogP contribution in [-0.4, -0.2) is 311 Å². The van der Waals surface area contributed by atoms with Crippen molar-refractivity contribution in [1.82, 2.24) is 0 Å². The van der Waals surface area contributed by atoms with Crippen molar-refractivity contribution in [2.45, 2.75) is 295 Å². The van der Waals surface area contributed by atoms with E-state index >= 15 is 0 Å². The average molecular weight is 1310 g/mol. The van der Waals surface area contributed by atoms with E-state index in [1.807, 2.05) is 0 Å². The lowest BCUT2D eigenvalue weighted by molar-refractivity contribution is -0.404. The smallest absolute Gasteiger partial charge is 0.187 e. The molecule has 1 unspecified atom stereocenters. The maximum absolute atomic E-state index is 12.1. The molecular formula is C61H100O30. The zero-order valence-electron chi connectivity index (χ0n) is 52.2. The fourth-order valence-corrected chi connectivity index (χ4v) is 18.5. The van der Waals surface area contributed by atoms with Crippen LogP contribution in [0.3, 0.4) is 0 Å². The highest BCUT2D eigenvalue weighted by Gasteiger charge is 2.70. The van der Waals surface area contributed by atoms with Gasteiger partial charge in [-0.2, -0.15) is 0 Å². The van der Waals surface area contributed by atoms with Gasteiger partial charge < -0.3 is 148 Å². The van der Waals surface area contributed by atoms with Gasteiger partial charge >= 0.3 is 0 Å². The van der Waals surface area contributed by atoms with E-state index in [0.29, 0.717) is 42.4 Å². The number of fused-ring (bicyclic) bond motifs is 7. The monoisotopic (exact) mass is 1310 g/mol. The highest BCUT2D eigenvalue weighted by molar-refractivity contribution is 5.16. The third kappa shape index (κ3) is 12.5. The maximum Gasteiger partial charge on any atom is 0.187 e. The average Bonchev–Trinajstić information content (AvgIpc) is 1.66. The number of hydrogen-bond donors (Lipinski definition) is 16. The molecule has 12 rings (SSSR count). The minimum absolute atomic E-state index is 0.107. The standard InChI is InChI=1S/C61H100O30/c1-21-9-12-61(80-18-21)22(2)36-32(91-61)14-28-26-8-7-25-13-31(29(64)15-60(25,6)27(26)10-11-59(28,36)5)83-55-47(76)43(72)49(34(17-63)85-55)87-58-52(90-56-46(75)42(71)40(69)33(16-62)84-56)51(38(67)24(4)82-58)89-54-45(74)41(70)35(20-79-54)86-57-48(77)50(37(66)23(3)81-57)88-53-44(73)39(68)30(65)19-78-53/h21-58,62-77H,7-20H2,1-6H3/t21-,22+,23+,24-,25+,26-,27+,28+,29-,30-,31-,32+,33-,34-,35-,36+,37+,38-,39+,40-,41+,42+,43-,44-,45-,46-,47-,48-,49+,50-,51+,52-,53+,54+,55?,56+,57+,58+,59+,60+,61-/m1/s1. The molecule has 524 valence electrons. The summed E-state index contributed by atoms with van der Waals surface area (Å²) in [5.74, 6) is 2.16. The van der Waals surface area contributed by atoms with Gasteiger partial charge in [0.25, 0.3) is 0 Å². The lowest BCUT2D eigenvalue weighted by atomic mass is 9.44. The molecule has 8 saturated heterocycles. The van der Waals surface area contributed by atoms with Crippen LogP contribution in [0.15, 0.2) is 0 Å². The molecule has 91 heavy (non-hydrogen) atoms. The number of aliphatic hydroxyl groups excluding tert-OH is 16. The van der Waals surface area contributed by atoms with Gasteiger partial charge in [-0.05, 0) is 112 Å². The van der Waals surface area contributed by atoms with Gasteiger partial charge in [0.05, 0.1) is 63.6 Å². The van der Waals surface area contributed by atoms with Crippen molar-refractivity contribution < 1.29 is 148 Å². The number of ether oxygens (including phenoxy) is 14. The molecule has 8 heterocycles. The van der Waals surface area contributed by atoms with E-state index in [4.69, 9.17) is 66.3 Å². The molecule has 41 atom stereocenters. The van der Waals surface area contributed by atoms with Crippen LogP contribution < -0.4 is 0 Å². The van der Waals surface area contributed by atoms with Crippen molar-refractivity contribution in [1.29, 1.82) is 0 Å². The van der Waals surface area contributed by atoms with E-state index in [2.05, 4.69) is 27.7 Å². The Hall–Kier alpha value is -1.20. The van der Waals surface area contributed by atoms with Crippen molar-refractivity contribution >= 4 is 0 Å². The van der Waals surface area contributed by atoms with E-state index < -0.39 is 216 Å². The third-order valence-corrected chi connectivity index (χ3v) is 23.8. The fraction of sp³-hybridized carbons (Fsp3) is 1.00. The molecule has 0 aromatic carbocycles. The highest BCUT2D eigenvalue weighted by Crippen LogP contribution is 2.71. The molecule has 12 aliphatic rings. The summed E-state index contributed by atoms with van der Waals surface area (Å²) in [5.41, 5.74) is -0.108. The topological polar surface area (TPSA) is 453 Å². The molecular weight excluding hydrogens is 1210 g/mol. The molecule has 0 aromatic heterocycles. The molecule has 0 aromatic rings. The minimum Gasteiger partial charge on any atom is -0.394 e. The normalized spacial score (nSPS) is 58.5. The van der Waals surface area contributed by atoms with Crippen LogP contribution in [0.4, 0.5) is 0 Å². The van der Waals surface area contributed by atoms with Crippen LogP contribution in [-0.2, 0) is 66.3 Å². The molecule has 16 N–H and O–H groups in total. The Morgan fingerprint density at radius 1 is 0.429 bits per heavy atom. The maximum atomic E-state index is 12.1. The summed E-state index contributed by atoms with van der Waals surface area (Å²) in [6.07, 6.45) is -42.3. The molecule has 8 aliphatic heterocycles.